The molecule has 4 heterocycles. The number of nitrogens with one attached hydrogen (secondary N) is 2. The van der Waals surface area contributed by atoms with Crippen molar-refractivity contribution in [2.24, 2.45) is 11.8 Å². The summed E-state index contributed by atoms with van der Waals surface area (Å²) in [6, 6.07) is 0.660. The number of aliphatic hydroxyl groups is 1. The van der Waals surface area contributed by atoms with E-state index in [4.69, 9.17) is 18.4 Å². The predicted octanol–water partition coefficient (Wildman–Crippen LogP) is 4.05. The first-order valence-corrected chi connectivity index (χ1v) is 15.9. The number of oxazole rings is 1. The van der Waals surface area contributed by atoms with E-state index in [1.165, 1.54) is 23.3 Å². The van der Waals surface area contributed by atoms with E-state index >= 15 is 0 Å². The SMILES string of the molecule is C=C1Cc2nc(co2)C(=O)N2CCC[C@@H]2C(=O)O[C@H]([C@H](C)COC(=O)Nc2cc(C)on2)[C@H](C)/C=C/C(=O)NC/C=C/C(C)=C/[C@@H](O)C1. The number of nitrogens with zero attached hydrogens (tertiary/aromatic N) is 3. The van der Waals surface area contributed by atoms with Crippen molar-refractivity contribution in [2.75, 3.05) is 25.0 Å². The third kappa shape index (κ3) is 10.3. The smallest absolute Gasteiger partial charge is 0.412 e. The van der Waals surface area contributed by atoms with Crippen LogP contribution in [0.2, 0.25) is 0 Å². The Kier molecular flexibility index (Phi) is 12.5. The number of allylic oxidation sites excluding steroid dienone is 2. The number of aromatic nitrogens is 2. The van der Waals surface area contributed by atoms with Crippen LogP contribution in [-0.4, -0.2) is 82.0 Å². The van der Waals surface area contributed by atoms with Gasteiger partial charge in [-0.3, -0.25) is 14.9 Å². The third-order valence-corrected chi connectivity index (χ3v) is 7.90. The molecule has 14 heteroatoms. The molecule has 1 fully saturated rings. The minimum Gasteiger partial charge on any atom is -0.460 e. The first-order chi connectivity index (χ1) is 22.9. The maximum atomic E-state index is 13.6. The van der Waals surface area contributed by atoms with Crippen molar-refractivity contribution in [2.45, 2.75) is 71.6 Å². The fourth-order valence-corrected chi connectivity index (χ4v) is 5.53. The molecule has 2 aliphatic heterocycles. The molecular formula is C34H43N5O9. The molecule has 258 valence electrons. The summed E-state index contributed by atoms with van der Waals surface area (Å²) in [6.45, 7) is 11.5. The van der Waals surface area contributed by atoms with E-state index in [0.717, 1.165) is 5.57 Å². The van der Waals surface area contributed by atoms with Crippen LogP contribution in [0.3, 0.4) is 0 Å². The van der Waals surface area contributed by atoms with Crippen molar-refractivity contribution in [3.63, 3.8) is 0 Å². The van der Waals surface area contributed by atoms with E-state index in [0.29, 0.717) is 30.7 Å². The van der Waals surface area contributed by atoms with E-state index < -0.39 is 48.1 Å². The number of amides is 3. The molecule has 2 aliphatic rings. The Morgan fingerprint density at radius 1 is 1.27 bits per heavy atom. The molecular weight excluding hydrogens is 622 g/mol. The lowest BCUT2D eigenvalue weighted by Crippen LogP contribution is -2.44. The molecule has 0 radical (unpaired) electrons. The fourth-order valence-electron chi connectivity index (χ4n) is 5.53. The molecule has 0 aliphatic carbocycles. The third-order valence-electron chi connectivity index (χ3n) is 7.90. The van der Waals surface area contributed by atoms with Crippen molar-refractivity contribution in [3.8, 4) is 0 Å². The maximum Gasteiger partial charge on any atom is 0.412 e. The van der Waals surface area contributed by atoms with Gasteiger partial charge in [0.25, 0.3) is 5.91 Å². The Morgan fingerprint density at radius 3 is 2.81 bits per heavy atom. The highest BCUT2D eigenvalue weighted by atomic mass is 16.6. The summed E-state index contributed by atoms with van der Waals surface area (Å²) in [7, 11) is 0. The molecule has 14 nitrogen and oxygen atoms in total. The topological polar surface area (TPSA) is 186 Å². The molecule has 48 heavy (non-hydrogen) atoms. The van der Waals surface area contributed by atoms with Crippen LogP contribution in [0.5, 0.6) is 0 Å². The van der Waals surface area contributed by atoms with Gasteiger partial charge in [0, 0.05) is 37.4 Å². The normalized spacial score (nSPS) is 26.4. The van der Waals surface area contributed by atoms with Gasteiger partial charge in [-0.05, 0) is 39.2 Å². The number of cyclic esters (lactones) is 1. The maximum absolute atomic E-state index is 13.6. The Morgan fingerprint density at radius 2 is 2.06 bits per heavy atom. The summed E-state index contributed by atoms with van der Waals surface area (Å²) >= 11 is 0. The van der Waals surface area contributed by atoms with E-state index in [1.54, 1.807) is 45.1 Å². The van der Waals surface area contributed by atoms with Gasteiger partial charge in [-0.15, -0.1) is 0 Å². The number of esters is 1. The number of hydrogen-bond acceptors (Lipinski definition) is 11. The summed E-state index contributed by atoms with van der Waals surface area (Å²) in [4.78, 5) is 57.9. The molecule has 0 spiro atoms. The standard InChI is InChI=1S/C34H43N5O9/c1-20-8-6-12-35-29(41)11-10-22(3)31(23(4)18-46-34(44)37-28-17-24(5)48-38-28)47-33(43)27-9-7-13-39(27)32(42)26-19-45-30(36-26)16-21(2)15-25(40)14-20/h6,8,10-11,14,17,19,22-23,25,27,31,40H,2,7,9,12-13,15-16,18H2,1,3-5H3,(H,35,41)(H,37,38,44)/b8-6+,11-10+,20-14+/t22-,23-,25-,27-,31+/m1/s1. The number of ether oxygens (including phenoxy) is 2. The molecule has 5 atom stereocenters. The number of hydrogen-bond donors (Lipinski definition) is 3. The van der Waals surface area contributed by atoms with Crippen molar-refractivity contribution >= 4 is 29.7 Å². The lowest BCUT2D eigenvalue weighted by molar-refractivity contribution is -0.159. The summed E-state index contributed by atoms with van der Waals surface area (Å²) in [6.07, 6.45) is 8.47. The van der Waals surface area contributed by atoms with Crippen molar-refractivity contribution < 1.29 is 42.7 Å². The number of carbonyl (C=O) groups excluding carboxylic acids is 4. The Balaban J connectivity index is 1.54. The largest absolute Gasteiger partial charge is 0.460 e. The van der Waals surface area contributed by atoms with E-state index in [-0.39, 0.29) is 49.3 Å². The number of rotatable bonds is 4. The first-order valence-electron chi connectivity index (χ1n) is 15.9. The zero-order valence-corrected chi connectivity index (χ0v) is 27.6. The second kappa shape index (κ2) is 16.7. The van der Waals surface area contributed by atoms with Gasteiger partial charge in [0.15, 0.2) is 17.4 Å². The van der Waals surface area contributed by atoms with Crippen LogP contribution in [0.15, 0.2) is 69.4 Å². The van der Waals surface area contributed by atoms with Crippen LogP contribution >= 0.6 is 0 Å². The van der Waals surface area contributed by atoms with Gasteiger partial charge >= 0.3 is 12.1 Å². The first kappa shape index (κ1) is 35.9. The Bertz CT molecular complexity index is 1570. The quantitative estimate of drug-likeness (QED) is 0.316. The minimum atomic E-state index is -0.875. The van der Waals surface area contributed by atoms with E-state index in [9.17, 15) is 24.3 Å². The molecule has 1 saturated heterocycles. The van der Waals surface area contributed by atoms with Crippen molar-refractivity contribution in [3.05, 3.63) is 77.8 Å². The zero-order valence-electron chi connectivity index (χ0n) is 27.6. The highest BCUT2D eigenvalue weighted by Gasteiger charge is 2.39. The van der Waals surface area contributed by atoms with Gasteiger partial charge in [0.05, 0.1) is 12.7 Å². The lowest BCUT2D eigenvalue weighted by atomic mass is 9.93. The number of carbonyl (C=O) groups is 4. The van der Waals surface area contributed by atoms with Gasteiger partial charge < -0.3 is 33.7 Å². The van der Waals surface area contributed by atoms with Crippen LogP contribution < -0.4 is 10.6 Å². The Hall–Kier alpha value is -4.98. The molecule has 0 unspecified atom stereocenters. The average molecular weight is 666 g/mol. The summed E-state index contributed by atoms with van der Waals surface area (Å²) < 4.78 is 21.9. The molecule has 2 aromatic rings. The minimum absolute atomic E-state index is 0.0475. The zero-order chi connectivity index (χ0) is 34.8. The number of fused-ring (bicyclic) bond motifs is 3. The van der Waals surface area contributed by atoms with Gasteiger partial charge in [0.2, 0.25) is 5.91 Å². The molecule has 0 aromatic carbocycles. The van der Waals surface area contributed by atoms with Crippen molar-refractivity contribution in [1.82, 2.24) is 20.4 Å². The number of aliphatic hydroxyl groups excluding tert-OH is 1. The summed E-state index contributed by atoms with van der Waals surface area (Å²) in [5, 5.41) is 19.4. The second-order valence-electron chi connectivity index (χ2n) is 12.2. The highest BCUT2D eigenvalue weighted by molar-refractivity contribution is 5.95. The molecule has 3 amide bonds. The lowest BCUT2D eigenvalue weighted by Gasteiger charge is -2.30. The number of anilines is 1. The monoisotopic (exact) mass is 665 g/mol. The van der Waals surface area contributed by atoms with Crippen molar-refractivity contribution in [1.29, 1.82) is 0 Å². The number of aryl methyl sites for hydroxylation is 1. The average Bonchev–Trinajstić information content (AvgIpc) is 3.80. The van der Waals surface area contributed by atoms with E-state index in [2.05, 4.69) is 27.4 Å². The van der Waals surface area contributed by atoms with Gasteiger partial charge in [-0.25, -0.2) is 14.6 Å². The highest BCUT2D eigenvalue weighted by Crippen LogP contribution is 2.26. The fraction of sp³-hybridized carbons (Fsp3) is 0.471. The van der Waals surface area contributed by atoms with Gasteiger partial charge in [-0.2, -0.15) is 0 Å². The second-order valence-corrected chi connectivity index (χ2v) is 12.2. The molecule has 2 bridgehead atoms. The van der Waals surface area contributed by atoms with E-state index in [1.807, 2.05) is 6.92 Å². The predicted molar refractivity (Wildman–Crippen MR) is 173 cm³/mol. The van der Waals surface area contributed by atoms with Crippen LogP contribution in [0.4, 0.5) is 10.6 Å². The summed E-state index contributed by atoms with van der Waals surface area (Å²) in [5.74, 6) is -1.49. The van der Waals surface area contributed by atoms with Gasteiger partial charge in [0.1, 0.15) is 24.2 Å². The van der Waals surface area contributed by atoms with Crippen LogP contribution in [0.25, 0.3) is 0 Å². The molecule has 4 rings (SSSR count). The van der Waals surface area contributed by atoms with Crippen LogP contribution in [0, 0.1) is 18.8 Å². The van der Waals surface area contributed by atoms with Crippen LogP contribution in [-0.2, 0) is 25.5 Å². The van der Waals surface area contributed by atoms with Crippen LogP contribution in [0.1, 0.15) is 62.2 Å². The molecule has 0 saturated carbocycles. The van der Waals surface area contributed by atoms with Gasteiger partial charge in [-0.1, -0.05) is 61.0 Å². The molecule has 2 aromatic heterocycles. The summed E-state index contributed by atoms with van der Waals surface area (Å²) in [5.41, 5.74) is 1.49. The molecule has 3 N–H and O–H groups in total. The Labute approximate surface area is 278 Å².